The molecule has 96 valence electrons. The number of hydrogen-bond donors (Lipinski definition) is 0. The maximum absolute atomic E-state index is 11.9. The summed E-state index contributed by atoms with van der Waals surface area (Å²) in [6.07, 6.45) is 0. The molecule has 0 aliphatic carbocycles. The van der Waals surface area contributed by atoms with E-state index in [1.54, 1.807) is 31.1 Å². The van der Waals surface area contributed by atoms with Gasteiger partial charge in [-0.1, -0.05) is 0 Å². The van der Waals surface area contributed by atoms with Crippen LogP contribution in [0, 0.1) is 0 Å². The van der Waals surface area contributed by atoms with Crippen LogP contribution in [0.4, 0.5) is 6.01 Å². The van der Waals surface area contributed by atoms with Gasteiger partial charge in [-0.15, -0.1) is 0 Å². The van der Waals surface area contributed by atoms with Crippen LogP contribution in [0.5, 0.6) is 11.5 Å². The Morgan fingerprint density at radius 1 is 1.17 bits per heavy atom. The zero-order valence-electron chi connectivity index (χ0n) is 10.7. The lowest BCUT2D eigenvalue weighted by atomic mass is 10.2. The lowest BCUT2D eigenvalue weighted by molar-refractivity contribution is 0.355. The van der Waals surface area contributed by atoms with E-state index in [1.165, 1.54) is 14.2 Å². The number of aromatic nitrogens is 1. The molecule has 6 heteroatoms. The summed E-state index contributed by atoms with van der Waals surface area (Å²) in [5.41, 5.74) is 0.0530. The van der Waals surface area contributed by atoms with Gasteiger partial charge in [0.15, 0.2) is 11.5 Å². The summed E-state index contributed by atoms with van der Waals surface area (Å²) in [5, 5.41) is 0.359. The fraction of sp³-hybridized carbons (Fsp3) is 0.333. The fourth-order valence-electron chi connectivity index (χ4n) is 1.57. The van der Waals surface area contributed by atoms with Gasteiger partial charge in [0.05, 0.1) is 19.6 Å². The molecule has 1 aromatic heterocycles. The van der Waals surface area contributed by atoms with Crippen molar-refractivity contribution in [2.75, 3.05) is 33.2 Å². The molecule has 0 spiro atoms. The van der Waals surface area contributed by atoms with Gasteiger partial charge in [0.1, 0.15) is 5.58 Å². The number of methoxy groups -OCH3 is 2. The minimum Gasteiger partial charge on any atom is -0.493 e. The monoisotopic (exact) mass is 250 g/mol. The molecule has 1 aromatic carbocycles. The number of benzene rings is 1. The molecule has 0 atom stereocenters. The second-order valence-electron chi connectivity index (χ2n) is 3.90. The Kier molecular flexibility index (Phi) is 3.10. The highest BCUT2D eigenvalue weighted by Gasteiger charge is 2.13. The van der Waals surface area contributed by atoms with E-state index < -0.39 is 0 Å². The van der Waals surface area contributed by atoms with Crippen molar-refractivity contribution in [3.05, 3.63) is 22.5 Å². The Morgan fingerprint density at radius 2 is 1.78 bits per heavy atom. The lowest BCUT2D eigenvalue weighted by Gasteiger charge is -2.11. The van der Waals surface area contributed by atoms with Crippen LogP contribution in [0.1, 0.15) is 0 Å². The van der Waals surface area contributed by atoms with E-state index >= 15 is 0 Å². The summed E-state index contributed by atoms with van der Waals surface area (Å²) in [6, 6.07) is 3.43. The Bertz CT molecular complexity index is 634. The van der Waals surface area contributed by atoms with Crippen LogP contribution in [-0.2, 0) is 0 Å². The summed E-state index contributed by atoms with van der Waals surface area (Å²) in [5.74, 6) is 0.973. The molecule has 0 unspecified atom stereocenters. The average molecular weight is 250 g/mol. The molecular formula is C12H14N2O4. The van der Waals surface area contributed by atoms with Crippen LogP contribution < -0.4 is 19.9 Å². The second-order valence-corrected chi connectivity index (χ2v) is 3.90. The number of nitrogens with zero attached hydrogens (tertiary/aromatic N) is 2. The molecule has 2 rings (SSSR count). The molecule has 0 amide bonds. The Hall–Kier alpha value is -2.24. The van der Waals surface area contributed by atoms with Gasteiger partial charge in [-0.2, -0.15) is 4.98 Å². The molecule has 2 aromatic rings. The van der Waals surface area contributed by atoms with E-state index in [1.807, 2.05) is 0 Å². The van der Waals surface area contributed by atoms with Crippen LogP contribution in [0.3, 0.4) is 0 Å². The number of rotatable bonds is 3. The highest BCUT2D eigenvalue weighted by Crippen LogP contribution is 2.31. The largest absolute Gasteiger partial charge is 0.493 e. The number of anilines is 1. The SMILES string of the molecule is COc1cc2oc(N(C)C)nc(=O)c2cc1OC. The van der Waals surface area contributed by atoms with Crippen molar-refractivity contribution >= 4 is 17.0 Å². The van der Waals surface area contributed by atoms with E-state index in [2.05, 4.69) is 4.98 Å². The van der Waals surface area contributed by atoms with Gasteiger partial charge in [0.25, 0.3) is 5.56 Å². The highest BCUT2D eigenvalue weighted by atomic mass is 16.5. The van der Waals surface area contributed by atoms with Gasteiger partial charge in [0, 0.05) is 26.2 Å². The molecule has 0 aliphatic rings. The quantitative estimate of drug-likeness (QED) is 0.817. The Morgan fingerprint density at radius 3 is 2.33 bits per heavy atom. The third-order valence-corrected chi connectivity index (χ3v) is 2.50. The van der Waals surface area contributed by atoms with Crippen molar-refractivity contribution in [3.63, 3.8) is 0 Å². The molecule has 0 bridgehead atoms. The first-order valence-electron chi connectivity index (χ1n) is 5.31. The fourth-order valence-corrected chi connectivity index (χ4v) is 1.57. The smallest absolute Gasteiger partial charge is 0.300 e. The Labute approximate surface area is 104 Å². The molecule has 18 heavy (non-hydrogen) atoms. The van der Waals surface area contributed by atoms with Crippen LogP contribution >= 0.6 is 0 Å². The molecule has 6 nitrogen and oxygen atoms in total. The highest BCUT2D eigenvalue weighted by molar-refractivity contribution is 5.80. The molecule has 0 saturated heterocycles. The van der Waals surface area contributed by atoms with Crippen LogP contribution in [0.2, 0.25) is 0 Å². The Balaban J connectivity index is 2.76. The molecule has 0 N–H and O–H groups in total. The van der Waals surface area contributed by atoms with Crippen molar-refractivity contribution < 1.29 is 13.9 Å². The summed E-state index contributed by atoms with van der Waals surface area (Å²) < 4.78 is 15.8. The van der Waals surface area contributed by atoms with Gasteiger partial charge < -0.3 is 18.8 Å². The predicted octanol–water partition coefficient (Wildman–Crippen LogP) is 1.27. The lowest BCUT2D eigenvalue weighted by Crippen LogP contribution is -2.16. The van der Waals surface area contributed by atoms with Crippen LogP contribution in [-0.4, -0.2) is 33.3 Å². The van der Waals surface area contributed by atoms with E-state index in [9.17, 15) is 4.79 Å². The van der Waals surface area contributed by atoms with E-state index in [4.69, 9.17) is 13.9 Å². The third-order valence-electron chi connectivity index (χ3n) is 2.50. The molecule has 0 fully saturated rings. The number of ether oxygens (including phenoxy) is 2. The first-order chi connectivity index (χ1) is 8.56. The van der Waals surface area contributed by atoms with Gasteiger partial charge in [0.2, 0.25) is 0 Å². The first kappa shape index (κ1) is 12.2. The summed E-state index contributed by atoms with van der Waals surface area (Å²) >= 11 is 0. The van der Waals surface area contributed by atoms with E-state index in [0.29, 0.717) is 22.5 Å². The molecular weight excluding hydrogens is 236 g/mol. The van der Waals surface area contributed by atoms with E-state index in [0.717, 1.165) is 0 Å². The normalized spacial score (nSPS) is 10.4. The number of fused-ring (bicyclic) bond motifs is 1. The van der Waals surface area contributed by atoms with Crippen molar-refractivity contribution in [1.82, 2.24) is 4.98 Å². The zero-order chi connectivity index (χ0) is 13.3. The summed E-state index contributed by atoms with van der Waals surface area (Å²) in [7, 11) is 6.53. The van der Waals surface area contributed by atoms with Crippen molar-refractivity contribution in [1.29, 1.82) is 0 Å². The van der Waals surface area contributed by atoms with Gasteiger partial charge in [-0.25, -0.2) is 0 Å². The molecule has 0 radical (unpaired) electrons. The van der Waals surface area contributed by atoms with Crippen molar-refractivity contribution in [3.8, 4) is 11.5 Å². The molecule has 0 aliphatic heterocycles. The van der Waals surface area contributed by atoms with Gasteiger partial charge in [-0.05, 0) is 0 Å². The zero-order valence-corrected chi connectivity index (χ0v) is 10.7. The van der Waals surface area contributed by atoms with Gasteiger partial charge in [-0.3, -0.25) is 4.79 Å². The van der Waals surface area contributed by atoms with Crippen LogP contribution in [0.15, 0.2) is 21.3 Å². The maximum Gasteiger partial charge on any atom is 0.300 e. The minimum atomic E-state index is -0.360. The minimum absolute atomic E-state index is 0.250. The first-order valence-corrected chi connectivity index (χ1v) is 5.31. The molecule has 0 saturated carbocycles. The molecule has 1 heterocycles. The average Bonchev–Trinajstić information content (AvgIpc) is 2.36. The maximum atomic E-state index is 11.9. The summed E-state index contributed by atoms with van der Waals surface area (Å²) in [6.45, 7) is 0. The predicted molar refractivity (Wildman–Crippen MR) is 67.7 cm³/mol. The van der Waals surface area contributed by atoms with Gasteiger partial charge >= 0.3 is 6.01 Å². The standard InChI is InChI=1S/C12H14N2O4/c1-14(2)12-13-11(15)7-5-9(16-3)10(17-4)6-8(7)18-12/h5-6H,1-4H3. The second kappa shape index (κ2) is 4.56. The topological polar surface area (TPSA) is 64.8 Å². The third kappa shape index (κ3) is 1.97. The summed E-state index contributed by atoms with van der Waals surface area (Å²) in [4.78, 5) is 17.3. The number of hydrogen-bond acceptors (Lipinski definition) is 6. The van der Waals surface area contributed by atoms with Crippen molar-refractivity contribution in [2.45, 2.75) is 0 Å². The van der Waals surface area contributed by atoms with Crippen molar-refractivity contribution in [2.24, 2.45) is 0 Å². The van der Waals surface area contributed by atoms with E-state index in [-0.39, 0.29) is 11.6 Å². The van der Waals surface area contributed by atoms with Crippen LogP contribution in [0.25, 0.3) is 11.0 Å².